The van der Waals surface area contributed by atoms with Crippen molar-refractivity contribution >= 4 is 11.8 Å². The molecular weight excluding hydrogens is 194 g/mol. The number of amides is 1. The van der Waals surface area contributed by atoms with Gasteiger partial charge in [0.1, 0.15) is 11.9 Å². The van der Waals surface area contributed by atoms with Crippen LogP contribution in [0.25, 0.3) is 0 Å². The van der Waals surface area contributed by atoms with Gasteiger partial charge in [-0.15, -0.1) is 0 Å². The first kappa shape index (κ1) is 11.4. The molecular formula is C10H15N3O2. The van der Waals surface area contributed by atoms with E-state index < -0.39 is 6.09 Å². The Hall–Kier alpha value is -1.65. The molecule has 1 rings (SSSR count). The molecule has 1 heterocycles. The van der Waals surface area contributed by atoms with Crippen molar-refractivity contribution in [3.05, 3.63) is 18.2 Å². The largest absolute Gasteiger partial charge is 0.446 e. The number of ether oxygens (including phenoxy) is 1. The summed E-state index contributed by atoms with van der Waals surface area (Å²) in [6.07, 6.45) is 3.31. The molecule has 1 unspecified atom stereocenters. The van der Waals surface area contributed by atoms with Gasteiger partial charge in [-0.05, 0) is 20.3 Å². The predicted octanol–water partition coefficient (Wildman–Crippen LogP) is 2.13. The van der Waals surface area contributed by atoms with Crippen LogP contribution < -0.4 is 5.32 Å². The van der Waals surface area contributed by atoms with Crippen molar-refractivity contribution in [1.29, 1.82) is 0 Å². The molecule has 0 aliphatic carbocycles. The number of nitrogens with zero attached hydrogens (tertiary/aromatic N) is 2. The summed E-state index contributed by atoms with van der Waals surface area (Å²) in [6, 6.07) is 0. The van der Waals surface area contributed by atoms with Crippen molar-refractivity contribution in [3.63, 3.8) is 0 Å². The summed E-state index contributed by atoms with van der Waals surface area (Å²) in [5, 5.41) is 2.55. The molecule has 0 bridgehead atoms. The zero-order valence-corrected chi connectivity index (χ0v) is 9.15. The van der Waals surface area contributed by atoms with E-state index in [2.05, 4.69) is 15.3 Å². The number of aromatic nitrogens is 2. The molecule has 5 heteroatoms. The number of nitrogens with one attached hydrogen (secondary N) is 1. The SMILES string of the molecule is CCC(C)OC(=O)Nc1cnc(C)nc1. The summed E-state index contributed by atoms with van der Waals surface area (Å²) in [7, 11) is 0. The van der Waals surface area contributed by atoms with E-state index in [1.54, 1.807) is 19.3 Å². The molecule has 0 aromatic carbocycles. The highest BCUT2D eigenvalue weighted by atomic mass is 16.6. The normalized spacial score (nSPS) is 11.9. The summed E-state index contributed by atoms with van der Waals surface area (Å²) in [6.45, 7) is 5.57. The molecule has 0 aliphatic rings. The molecule has 82 valence electrons. The lowest BCUT2D eigenvalue weighted by Gasteiger charge is -2.11. The monoisotopic (exact) mass is 209 g/mol. The zero-order valence-electron chi connectivity index (χ0n) is 9.15. The summed E-state index contributed by atoms with van der Waals surface area (Å²) in [5.41, 5.74) is 0.536. The molecule has 1 N–H and O–H groups in total. The van der Waals surface area contributed by atoms with Crippen molar-refractivity contribution in [2.75, 3.05) is 5.32 Å². The maximum absolute atomic E-state index is 11.3. The second-order valence-corrected chi connectivity index (χ2v) is 3.27. The third-order valence-corrected chi connectivity index (χ3v) is 1.91. The minimum absolute atomic E-state index is 0.0867. The maximum atomic E-state index is 11.3. The fraction of sp³-hybridized carbons (Fsp3) is 0.500. The Balaban J connectivity index is 2.48. The number of hydrogen-bond acceptors (Lipinski definition) is 4. The molecule has 5 nitrogen and oxygen atoms in total. The van der Waals surface area contributed by atoms with Crippen LogP contribution in [0, 0.1) is 6.92 Å². The van der Waals surface area contributed by atoms with Gasteiger partial charge in [0, 0.05) is 0 Å². The van der Waals surface area contributed by atoms with Gasteiger partial charge >= 0.3 is 6.09 Å². The van der Waals surface area contributed by atoms with Gasteiger partial charge in [0.2, 0.25) is 0 Å². The van der Waals surface area contributed by atoms with E-state index in [0.29, 0.717) is 11.5 Å². The fourth-order valence-electron chi connectivity index (χ4n) is 0.871. The molecule has 0 aliphatic heterocycles. The summed E-state index contributed by atoms with van der Waals surface area (Å²) < 4.78 is 5.03. The number of rotatable bonds is 3. The van der Waals surface area contributed by atoms with Crippen LogP contribution in [0.2, 0.25) is 0 Å². The van der Waals surface area contributed by atoms with E-state index in [4.69, 9.17) is 4.74 Å². The first-order valence-corrected chi connectivity index (χ1v) is 4.88. The second kappa shape index (κ2) is 5.29. The van der Waals surface area contributed by atoms with Crippen LogP contribution in [0.15, 0.2) is 12.4 Å². The summed E-state index contributed by atoms with van der Waals surface area (Å²) >= 11 is 0. The molecule has 1 aromatic rings. The zero-order chi connectivity index (χ0) is 11.3. The minimum Gasteiger partial charge on any atom is -0.446 e. The summed E-state index contributed by atoms with van der Waals surface area (Å²) in [5.74, 6) is 0.663. The highest BCUT2D eigenvalue weighted by Gasteiger charge is 2.07. The Morgan fingerprint density at radius 1 is 1.53 bits per heavy atom. The number of carbonyl (C=O) groups is 1. The Kier molecular flexibility index (Phi) is 4.03. The van der Waals surface area contributed by atoms with Crippen LogP contribution in [0.4, 0.5) is 10.5 Å². The van der Waals surface area contributed by atoms with Gasteiger partial charge in [-0.2, -0.15) is 0 Å². The third-order valence-electron chi connectivity index (χ3n) is 1.91. The number of carbonyl (C=O) groups excluding carboxylic acids is 1. The van der Waals surface area contributed by atoms with Crippen LogP contribution in [-0.4, -0.2) is 22.2 Å². The molecule has 1 atom stereocenters. The van der Waals surface area contributed by atoms with Crippen LogP contribution >= 0.6 is 0 Å². The standard InChI is InChI=1S/C10H15N3O2/c1-4-7(2)15-10(14)13-9-5-11-8(3)12-6-9/h5-7H,4H2,1-3H3,(H,13,14). The average molecular weight is 209 g/mol. The topological polar surface area (TPSA) is 64.1 Å². The van der Waals surface area contributed by atoms with E-state index in [9.17, 15) is 4.79 Å². The summed E-state index contributed by atoms with van der Waals surface area (Å²) in [4.78, 5) is 19.2. The predicted molar refractivity (Wildman–Crippen MR) is 56.6 cm³/mol. The smallest absolute Gasteiger partial charge is 0.411 e. The van der Waals surface area contributed by atoms with Crippen molar-refractivity contribution in [1.82, 2.24) is 9.97 Å². The van der Waals surface area contributed by atoms with Crippen molar-refractivity contribution in [2.24, 2.45) is 0 Å². The van der Waals surface area contributed by atoms with Gasteiger partial charge in [0.25, 0.3) is 0 Å². The van der Waals surface area contributed by atoms with Gasteiger partial charge in [-0.1, -0.05) is 6.92 Å². The lowest BCUT2D eigenvalue weighted by molar-refractivity contribution is 0.118. The highest BCUT2D eigenvalue weighted by molar-refractivity contribution is 5.84. The minimum atomic E-state index is -0.475. The first-order chi connectivity index (χ1) is 7.11. The van der Waals surface area contributed by atoms with E-state index in [1.807, 2.05) is 13.8 Å². The van der Waals surface area contributed by atoms with Gasteiger partial charge in [-0.3, -0.25) is 5.32 Å². The van der Waals surface area contributed by atoms with E-state index in [1.165, 1.54) is 0 Å². The van der Waals surface area contributed by atoms with Crippen molar-refractivity contribution in [3.8, 4) is 0 Å². The first-order valence-electron chi connectivity index (χ1n) is 4.88. The average Bonchev–Trinajstić information content (AvgIpc) is 2.21. The highest BCUT2D eigenvalue weighted by Crippen LogP contribution is 2.04. The van der Waals surface area contributed by atoms with Crippen LogP contribution in [0.5, 0.6) is 0 Å². The van der Waals surface area contributed by atoms with Crippen molar-refractivity contribution < 1.29 is 9.53 Å². The Morgan fingerprint density at radius 3 is 2.67 bits per heavy atom. The van der Waals surface area contributed by atoms with E-state index in [0.717, 1.165) is 6.42 Å². The molecule has 15 heavy (non-hydrogen) atoms. The third kappa shape index (κ3) is 3.93. The van der Waals surface area contributed by atoms with E-state index in [-0.39, 0.29) is 6.10 Å². The Bertz CT molecular complexity index is 324. The molecule has 0 radical (unpaired) electrons. The van der Waals surface area contributed by atoms with Gasteiger partial charge < -0.3 is 4.74 Å². The Morgan fingerprint density at radius 2 is 2.13 bits per heavy atom. The molecule has 0 saturated heterocycles. The molecule has 0 saturated carbocycles. The Labute approximate surface area is 88.9 Å². The van der Waals surface area contributed by atoms with Crippen LogP contribution in [-0.2, 0) is 4.74 Å². The van der Waals surface area contributed by atoms with Gasteiger partial charge in [0.15, 0.2) is 0 Å². The van der Waals surface area contributed by atoms with Crippen LogP contribution in [0.3, 0.4) is 0 Å². The second-order valence-electron chi connectivity index (χ2n) is 3.27. The van der Waals surface area contributed by atoms with Gasteiger partial charge in [0.05, 0.1) is 18.1 Å². The lowest BCUT2D eigenvalue weighted by atomic mass is 10.3. The number of aryl methyl sites for hydroxylation is 1. The van der Waals surface area contributed by atoms with E-state index >= 15 is 0 Å². The molecule has 0 spiro atoms. The fourth-order valence-corrected chi connectivity index (χ4v) is 0.871. The van der Waals surface area contributed by atoms with Crippen LogP contribution in [0.1, 0.15) is 26.1 Å². The van der Waals surface area contributed by atoms with Crippen molar-refractivity contribution in [2.45, 2.75) is 33.3 Å². The number of hydrogen-bond donors (Lipinski definition) is 1. The maximum Gasteiger partial charge on any atom is 0.411 e. The number of anilines is 1. The lowest BCUT2D eigenvalue weighted by Crippen LogP contribution is -2.19. The molecule has 0 fully saturated rings. The molecule has 1 amide bonds. The molecule has 1 aromatic heterocycles. The van der Waals surface area contributed by atoms with Gasteiger partial charge in [-0.25, -0.2) is 14.8 Å². The quantitative estimate of drug-likeness (QED) is 0.828.